The van der Waals surface area contributed by atoms with Crippen LogP contribution in [0.4, 0.5) is 8.78 Å². The van der Waals surface area contributed by atoms with E-state index in [0.717, 1.165) is 22.6 Å². The van der Waals surface area contributed by atoms with E-state index in [4.69, 9.17) is 9.47 Å². The average Bonchev–Trinajstić information content (AvgIpc) is 3.77. The molecule has 0 spiro atoms. The molecule has 0 aliphatic carbocycles. The van der Waals surface area contributed by atoms with Gasteiger partial charge in [-0.2, -0.15) is 0 Å². The molecule has 2 aromatic carbocycles. The summed E-state index contributed by atoms with van der Waals surface area (Å²) < 4.78 is 39.7. The first-order valence-electron chi connectivity index (χ1n) is 19.3. The summed E-state index contributed by atoms with van der Waals surface area (Å²) in [4.78, 5) is 101. The molecule has 2 aromatic rings. The zero-order valence-corrected chi connectivity index (χ0v) is 32.5. The van der Waals surface area contributed by atoms with Gasteiger partial charge in [0.1, 0.15) is 54.5 Å². The highest BCUT2D eigenvalue weighted by Crippen LogP contribution is 2.27. The molecule has 0 unspecified atom stereocenters. The highest BCUT2D eigenvalue weighted by molar-refractivity contribution is 5.98. The van der Waals surface area contributed by atoms with E-state index in [1.54, 1.807) is 24.3 Å². The highest BCUT2D eigenvalue weighted by atomic mass is 19.1. The van der Waals surface area contributed by atoms with E-state index in [1.165, 1.54) is 16.7 Å². The van der Waals surface area contributed by atoms with Crippen molar-refractivity contribution >= 4 is 41.4 Å². The van der Waals surface area contributed by atoms with Crippen molar-refractivity contribution in [2.24, 2.45) is 5.92 Å². The molecule has 16 nitrogen and oxygen atoms in total. The summed E-state index contributed by atoms with van der Waals surface area (Å²) in [6.07, 6.45) is -1.78. The topological polar surface area (TPSA) is 204 Å². The number of esters is 1. The van der Waals surface area contributed by atoms with Crippen LogP contribution in [0.3, 0.4) is 0 Å². The SMILES string of the molecule is Cc1ccc(CC(=O)N[C@@H](Cc2cc(F)cc(F)c2)C(=O)N[C@H]2COC(=O)[C@@H]3C[C@@H](C)CN3C(=O)[C@H](C)NC(=O)[C@@H]3COCCN3C(=O)[C@@H]3C[C@@H](O)CN3C2=O)cc1. The molecule has 18 heteroatoms. The second kappa shape index (κ2) is 18.0. The van der Waals surface area contributed by atoms with Crippen LogP contribution >= 0.6 is 0 Å². The molecule has 0 bridgehead atoms. The quantitative estimate of drug-likeness (QED) is 0.265. The third-order valence-electron chi connectivity index (χ3n) is 10.9. The van der Waals surface area contributed by atoms with Gasteiger partial charge in [0, 0.05) is 38.5 Å². The number of carbonyl (C=O) groups excluding carboxylic acids is 7. The van der Waals surface area contributed by atoms with Gasteiger partial charge in [-0.15, -0.1) is 0 Å². The number of amides is 6. The van der Waals surface area contributed by atoms with Gasteiger partial charge in [0.2, 0.25) is 35.4 Å². The van der Waals surface area contributed by atoms with Gasteiger partial charge in [0.05, 0.1) is 25.7 Å². The van der Waals surface area contributed by atoms with Crippen LogP contribution in [0.1, 0.15) is 43.4 Å². The Balaban J connectivity index is 1.33. The lowest BCUT2D eigenvalue weighted by Gasteiger charge is -2.39. The summed E-state index contributed by atoms with van der Waals surface area (Å²) in [5, 5.41) is 18.5. The lowest BCUT2D eigenvalue weighted by molar-refractivity contribution is -0.160. The van der Waals surface area contributed by atoms with Gasteiger partial charge >= 0.3 is 5.97 Å². The Kier molecular flexibility index (Phi) is 13.1. The zero-order chi connectivity index (χ0) is 41.8. The minimum absolute atomic E-state index is 0.01000. The summed E-state index contributed by atoms with van der Waals surface area (Å²) in [6, 6.07) is 1.75. The molecular formula is C40H48F2N6O10. The second-order valence-corrected chi connectivity index (χ2v) is 15.6. The Bertz CT molecular complexity index is 1910. The highest BCUT2D eigenvalue weighted by Gasteiger charge is 2.48. The maximum Gasteiger partial charge on any atom is 0.328 e. The van der Waals surface area contributed by atoms with Crippen LogP contribution in [0.5, 0.6) is 0 Å². The van der Waals surface area contributed by atoms with Crippen LogP contribution in [0, 0.1) is 24.5 Å². The number of benzene rings is 2. The Morgan fingerprint density at radius 1 is 0.862 bits per heavy atom. The van der Waals surface area contributed by atoms with E-state index < -0.39 is 108 Å². The summed E-state index contributed by atoms with van der Waals surface area (Å²) in [6.45, 7) is 4.00. The van der Waals surface area contributed by atoms with E-state index in [2.05, 4.69) is 16.0 Å². The Labute approximate surface area is 333 Å². The Hall–Kier alpha value is -5.49. The molecule has 0 aromatic heterocycles. The maximum absolute atomic E-state index is 14.5. The van der Waals surface area contributed by atoms with Crippen molar-refractivity contribution in [1.29, 1.82) is 0 Å². The number of rotatable bonds is 7. The maximum atomic E-state index is 14.5. The largest absolute Gasteiger partial charge is 0.461 e. The molecule has 4 saturated heterocycles. The van der Waals surface area contributed by atoms with E-state index >= 15 is 0 Å². The monoisotopic (exact) mass is 810 g/mol. The van der Waals surface area contributed by atoms with Crippen molar-refractivity contribution in [1.82, 2.24) is 30.7 Å². The van der Waals surface area contributed by atoms with Gasteiger partial charge in [-0.1, -0.05) is 36.8 Å². The predicted octanol–water partition coefficient (Wildman–Crippen LogP) is -0.484. The van der Waals surface area contributed by atoms with Crippen molar-refractivity contribution in [3.63, 3.8) is 0 Å². The third-order valence-corrected chi connectivity index (χ3v) is 10.9. The molecule has 4 aliphatic heterocycles. The molecule has 4 heterocycles. The molecule has 4 fully saturated rings. The lowest BCUT2D eigenvalue weighted by Crippen LogP contribution is -2.63. The predicted molar refractivity (Wildman–Crippen MR) is 199 cm³/mol. The molecule has 58 heavy (non-hydrogen) atoms. The van der Waals surface area contributed by atoms with Crippen LogP contribution in [-0.2, 0) is 55.9 Å². The lowest BCUT2D eigenvalue weighted by atomic mass is 10.0. The van der Waals surface area contributed by atoms with Crippen molar-refractivity contribution in [2.45, 2.75) is 88.8 Å². The molecule has 0 radical (unpaired) electrons. The van der Waals surface area contributed by atoms with Crippen LogP contribution in [-0.4, -0.2) is 143 Å². The Morgan fingerprint density at radius 2 is 1.55 bits per heavy atom. The molecule has 6 amide bonds. The van der Waals surface area contributed by atoms with Crippen molar-refractivity contribution in [3.8, 4) is 0 Å². The van der Waals surface area contributed by atoms with E-state index in [0.29, 0.717) is 11.6 Å². The number of carbonyl (C=O) groups is 7. The first-order valence-corrected chi connectivity index (χ1v) is 19.3. The summed E-state index contributed by atoms with van der Waals surface area (Å²) in [7, 11) is 0. The fourth-order valence-electron chi connectivity index (χ4n) is 7.92. The van der Waals surface area contributed by atoms with Crippen molar-refractivity contribution < 1.29 is 56.9 Å². The fraction of sp³-hybridized carbons (Fsp3) is 0.525. The molecule has 312 valence electrons. The van der Waals surface area contributed by atoms with Gasteiger partial charge in [0.25, 0.3) is 0 Å². The number of cyclic esters (lactones) is 1. The summed E-state index contributed by atoms with van der Waals surface area (Å²) >= 11 is 0. The van der Waals surface area contributed by atoms with Gasteiger partial charge < -0.3 is 45.2 Å². The zero-order valence-electron chi connectivity index (χ0n) is 32.5. The number of aryl methyl sites for hydroxylation is 1. The van der Waals surface area contributed by atoms with Crippen LogP contribution < -0.4 is 16.0 Å². The van der Waals surface area contributed by atoms with Gasteiger partial charge in [-0.05, 0) is 49.4 Å². The van der Waals surface area contributed by atoms with Gasteiger partial charge in [-0.3, -0.25) is 28.8 Å². The second-order valence-electron chi connectivity index (χ2n) is 15.6. The Morgan fingerprint density at radius 3 is 2.26 bits per heavy atom. The van der Waals surface area contributed by atoms with Crippen LogP contribution in [0.15, 0.2) is 42.5 Å². The molecule has 0 saturated carbocycles. The number of aliphatic hydroxyl groups is 1. The number of halogens is 2. The minimum Gasteiger partial charge on any atom is -0.461 e. The number of ether oxygens (including phenoxy) is 2. The van der Waals surface area contributed by atoms with Gasteiger partial charge in [-0.25, -0.2) is 13.6 Å². The number of hydrogen-bond acceptors (Lipinski definition) is 10. The van der Waals surface area contributed by atoms with E-state index in [1.807, 2.05) is 13.8 Å². The number of nitrogens with zero attached hydrogens (tertiary/aromatic N) is 3. The molecule has 8 atom stereocenters. The average molecular weight is 811 g/mol. The first kappa shape index (κ1) is 42.1. The number of nitrogens with one attached hydrogen (secondary N) is 3. The van der Waals surface area contributed by atoms with Crippen LogP contribution in [0.25, 0.3) is 0 Å². The third kappa shape index (κ3) is 9.78. The number of fused-ring (bicyclic) bond motifs is 3. The minimum atomic E-state index is -1.71. The molecule has 4 aliphatic rings. The van der Waals surface area contributed by atoms with E-state index in [9.17, 15) is 47.4 Å². The van der Waals surface area contributed by atoms with Gasteiger partial charge in [0.15, 0.2) is 0 Å². The number of morpholine rings is 1. The normalized spacial score (nSPS) is 27.6. The standard InChI is InChI=1S/C40H48F2N6O10/c1-21-4-6-24(7-5-21)14-34(50)44-29(13-25-11-26(41)15-27(42)12-25)35(51)45-30-19-58-40(56)32-10-22(2)17-47(32)37(53)23(3)43-36(52)33-20-57-9-8-46(33)39(55)31-16-28(49)18-48(31)38(30)54/h4-7,11-12,15,22-23,28-33,49H,8-10,13-14,16-20H2,1-3H3,(H,43,52)(H,44,50)(H,45,51)/t22-,23+,28-,29+,30+,31+,32+,33+/m1/s1. The van der Waals surface area contributed by atoms with Crippen molar-refractivity contribution in [2.75, 3.05) is 39.5 Å². The van der Waals surface area contributed by atoms with Crippen molar-refractivity contribution in [3.05, 3.63) is 70.8 Å². The molecule has 4 N–H and O–H groups in total. The smallest absolute Gasteiger partial charge is 0.328 e. The number of aliphatic hydroxyl groups excluding tert-OH is 1. The number of hydrogen-bond donors (Lipinski definition) is 4. The molecular weight excluding hydrogens is 762 g/mol. The summed E-state index contributed by atoms with van der Waals surface area (Å²) in [5.41, 5.74) is 1.58. The van der Waals surface area contributed by atoms with E-state index in [-0.39, 0.29) is 63.6 Å². The first-order chi connectivity index (χ1) is 27.6. The van der Waals surface area contributed by atoms with Crippen LogP contribution in [0.2, 0.25) is 0 Å². The molecule has 6 rings (SSSR count). The summed E-state index contributed by atoms with van der Waals surface area (Å²) in [5.74, 6) is -7.39. The fourth-order valence-corrected chi connectivity index (χ4v) is 7.92.